The predicted molar refractivity (Wildman–Crippen MR) is 137 cm³/mol. The molecule has 1 N–H and O–H groups in total. The zero-order valence-corrected chi connectivity index (χ0v) is 20.3. The van der Waals surface area contributed by atoms with Crippen LogP contribution in [-0.2, 0) is 23.2 Å². The average Bonchev–Trinajstić information content (AvgIpc) is 3.46. The highest BCUT2D eigenvalue weighted by Gasteiger charge is 2.18. The number of nitrogens with one attached hydrogen (secondary N) is 1. The number of hydrogen-bond donors (Lipinski definition) is 1. The first kappa shape index (κ1) is 23.2. The van der Waals surface area contributed by atoms with E-state index in [4.69, 9.17) is 4.74 Å². The second-order valence-electron chi connectivity index (χ2n) is 8.05. The molecule has 0 saturated heterocycles. The summed E-state index contributed by atoms with van der Waals surface area (Å²) in [5.41, 5.74) is 4.09. The van der Waals surface area contributed by atoms with Crippen LogP contribution in [0.5, 0.6) is 0 Å². The van der Waals surface area contributed by atoms with Crippen molar-refractivity contribution in [2.24, 2.45) is 7.05 Å². The van der Waals surface area contributed by atoms with Crippen LogP contribution in [0.1, 0.15) is 23.0 Å². The number of amides is 1. The average molecular weight is 500 g/mol. The molecular weight excluding hydrogens is 478 g/mol. The molecule has 0 aliphatic carbocycles. The van der Waals surface area contributed by atoms with Crippen LogP contribution in [0.3, 0.4) is 0 Å². The number of hydrogen-bond acceptors (Lipinski definition) is 7. The molecule has 36 heavy (non-hydrogen) atoms. The maximum Gasteiger partial charge on any atom is 0.338 e. The monoisotopic (exact) mass is 499 g/mol. The van der Waals surface area contributed by atoms with Crippen molar-refractivity contribution >= 4 is 45.2 Å². The molecule has 0 bridgehead atoms. The van der Waals surface area contributed by atoms with Crippen molar-refractivity contribution in [3.8, 4) is 11.1 Å². The van der Waals surface area contributed by atoms with Gasteiger partial charge < -0.3 is 4.74 Å². The summed E-state index contributed by atoms with van der Waals surface area (Å²) in [6.45, 7) is 1.45. The molecule has 0 saturated carbocycles. The summed E-state index contributed by atoms with van der Waals surface area (Å²) in [6, 6.07) is 18.1. The first-order chi connectivity index (χ1) is 17.4. The van der Waals surface area contributed by atoms with Gasteiger partial charge >= 0.3 is 11.7 Å². The van der Waals surface area contributed by atoms with Crippen LogP contribution in [0.2, 0.25) is 0 Å². The number of aromatic nitrogens is 4. The quantitative estimate of drug-likeness (QED) is 0.346. The number of nitrogens with zero attached hydrogens (tertiary/aromatic N) is 4. The fraction of sp³-hybridized carbons (Fsp3) is 0.115. The number of carbonyl (C=O) groups is 2. The van der Waals surface area contributed by atoms with Gasteiger partial charge in [0.15, 0.2) is 10.8 Å². The first-order valence-corrected chi connectivity index (χ1v) is 11.9. The zero-order chi connectivity index (χ0) is 25.2. The molecule has 180 valence electrons. The van der Waals surface area contributed by atoms with Gasteiger partial charge in [0.25, 0.3) is 0 Å². The summed E-state index contributed by atoms with van der Waals surface area (Å²) < 4.78 is 6.98. The molecule has 0 unspecified atom stereocenters. The van der Waals surface area contributed by atoms with E-state index in [0.29, 0.717) is 33.2 Å². The molecule has 9 nitrogen and oxygen atoms in total. The Bertz CT molecular complexity index is 1640. The Morgan fingerprint density at radius 3 is 2.67 bits per heavy atom. The maximum atomic E-state index is 12.8. The number of H-pyrrole nitrogens is 1. The van der Waals surface area contributed by atoms with Crippen LogP contribution in [-0.4, -0.2) is 31.4 Å². The van der Waals surface area contributed by atoms with Crippen LogP contribution in [0.25, 0.3) is 22.3 Å². The van der Waals surface area contributed by atoms with Gasteiger partial charge in [-0.2, -0.15) is 0 Å². The molecule has 5 aromatic rings. The molecule has 5 rings (SSSR count). The molecule has 10 heteroatoms. The van der Waals surface area contributed by atoms with E-state index in [0.717, 1.165) is 11.1 Å². The van der Waals surface area contributed by atoms with E-state index in [1.807, 2.05) is 42.5 Å². The van der Waals surface area contributed by atoms with Crippen molar-refractivity contribution in [1.82, 2.24) is 19.5 Å². The van der Waals surface area contributed by atoms with E-state index in [1.165, 1.54) is 27.7 Å². The second-order valence-corrected chi connectivity index (χ2v) is 8.89. The summed E-state index contributed by atoms with van der Waals surface area (Å²) >= 11 is 1.30. The third-order valence-corrected chi connectivity index (χ3v) is 6.48. The van der Waals surface area contributed by atoms with Crippen molar-refractivity contribution in [3.63, 3.8) is 0 Å². The van der Waals surface area contributed by atoms with Crippen LogP contribution in [0.15, 0.2) is 77.0 Å². The number of thiazole rings is 1. The summed E-state index contributed by atoms with van der Waals surface area (Å²) in [7, 11) is 1.67. The van der Waals surface area contributed by atoms with Gasteiger partial charge in [0.05, 0.1) is 22.5 Å². The summed E-state index contributed by atoms with van der Waals surface area (Å²) in [6.07, 6.45) is 1.65. The zero-order valence-electron chi connectivity index (χ0n) is 19.5. The van der Waals surface area contributed by atoms with E-state index >= 15 is 0 Å². The lowest BCUT2D eigenvalue weighted by atomic mass is 10.0. The fourth-order valence-electron chi connectivity index (χ4n) is 3.78. The molecule has 3 heterocycles. The van der Waals surface area contributed by atoms with Crippen molar-refractivity contribution in [1.29, 1.82) is 0 Å². The lowest BCUT2D eigenvalue weighted by Gasteiger charge is -2.17. The molecule has 1 amide bonds. The third kappa shape index (κ3) is 4.53. The number of rotatable bonds is 6. The highest BCUT2D eigenvalue weighted by atomic mass is 32.1. The third-order valence-electron chi connectivity index (χ3n) is 5.60. The normalized spacial score (nSPS) is 10.9. The highest BCUT2D eigenvalue weighted by Crippen LogP contribution is 2.29. The molecule has 3 aromatic heterocycles. The molecule has 0 aliphatic heterocycles. The molecular formula is C26H21N5O4S. The van der Waals surface area contributed by atoms with Gasteiger partial charge in [0.2, 0.25) is 5.91 Å². The molecule has 2 aromatic carbocycles. The topological polar surface area (TPSA) is 110 Å². The van der Waals surface area contributed by atoms with Crippen molar-refractivity contribution in [2.45, 2.75) is 13.5 Å². The number of para-hydroxylation sites is 1. The van der Waals surface area contributed by atoms with Crippen molar-refractivity contribution in [3.05, 3.63) is 94.0 Å². The van der Waals surface area contributed by atoms with Gasteiger partial charge in [-0.15, -0.1) is 11.3 Å². The highest BCUT2D eigenvalue weighted by molar-refractivity contribution is 7.14. The van der Waals surface area contributed by atoms with Crippen LogP contribution in [0, 0.1) is 0 Å². The largest absolute Gasteiger partial charge is 0.456 e. The van der Waals surface area contributed by atoms with E-state index in [2.05, 4.69) is 15.0 Å². The van der Waals surface area contributed by atoms with Gasteiger partial charge in [-0.05, 0) is 35.9 Å². The Labute approximate surface area is 209 Å². The summed E-state index contributed by atoms with van der Waals surface area (Å²) in [5, 5.41) is 2.27. The maximum absolute atomic E-state index is 12.8. The summed E-state index contributed by atoms with van der Waals surface area (Å²) in [5.74, 6) is -0.663. The number of imidazole rings is 1. The number of fused-ring (bicyclic) bond motifs is 1. The van der Waals surface area contributed by atoms with Crippen LogP contribution in [0.4, 0.5) is 10.8 Å². The Morgan fingerprint density at radius 2 is 1.89 bits per heavy atom. The van der Waals surface area contributed by atoms with Crippen molar-refractivity contribution < 1.29 is 14.3 Å². The summed E-state index contributed by atoms with van der Waals surface area (Å²) in [4.78, 5) is 49.8. The molecule has 0 atom stereocenters. The van der Waals surface area contributed by atoms with Crippen molar-refractivity contribution in [2.75, 3.05) is 4.90 Å². The van der Waals surface area contributed by atoms with Gasteiger partial charge in [-0.3, -0.25) is 19.2 Å². The smallest absolute Gasteiger partial charge is 0.338 e. The second kappa shape index (κ2) is 9.59. The van der Waals surface area contributed by atoms with Gasteiger partial charge in [0, 0.05) is 31.1 Å². The number of anilines is 2. The Kier molecular flexibility index (Phi) is 6.17. The first-order valence-electron chi connectivity index (χ1n) is 11.0. The minimum absolute atomic E-state index is 0.0287. The minimum Gasteiger partial charge on any atom is -0.456 e. The van der Waals surface area contributed by atoms with Crippen LogP contribution >= 0.6 is 11.3 Å². The Hall–Kier alpha value is -4.57. The van der Waals surface area contributed by atoms with E-state index in [9.17, 15) is 14.4 Å². The Morgan fingerprint density at radius 1 is 1.08 bits per heavy atom. The van der Waals surface area contributed by atoms with E-state index < -0.39 is 5.97 Å². The number of aryl methyl sites for hydroxylation is 1. The van der Waals surface area contributed by atoms with E-state index in [1.54, 1.807) is 36.8 Å². The Balaban J connectivity index is 1.31. The molecule has 0 aliphatic rings. The molecule has 0 spiro atoms. The van der Waals surface area contributed by atoms with Gasteiger partial charge in [-0.25, -0.2) is 19.6 Å². The number of pyridine rings is 1. The SMILES string of the molecule is CC(=O)N(c1ccccc1)c1nc(COC(=O)c2cccc(-c3cnc4[nH]c(=O)n(C)c4c3)c2)cs1. The standard InChI is InChI=1S/C26H21N5O4S/c1-16(32)31(21-9-4-3-5-10-21)26-28-20(15-36-26)14-35-24(33)18-8-6-7-17(11-18)19-12-22-23(27-13-19)29-25(34)30(22)2/h3-13,15H,14H2,1-2H3,(H,27,29,34). The number of esters is 1. The predicted octanol–water partition coefficient (Wildman–Crippen LogP) is 4.43. The van der Waals surface area contributed by atoms with Gasteiger partial charge in [-0.1, -0.05) is 30.3 Å². The number of carbonyl (C=O) groups excluding carboxylic acids is 2. The number of ether oxygens (including phenoxy) is 1. The molecule has 0 fully saturated rings. The number of aromatic amines is 1. The van der Waals surface area contributed by atoms with Crippen LogP contribution < -0.4 is 10.6 Å². The van der Waals surface area contributed by atoms with E-state index in [-0.39, 0.29) is 18.2 Å². The lowest BCUT2D eigenvalue weighted by Crippen LogP contribution is -2.22. The van der Waals surface area contributed by atoms with Gasteiger partial charge in [0.1, 0.15) is 6.61 Å². The molecule has 0 radical (unpaired) electrons. The number of benzene rings is 2. The lowest BCUT2D eigenvalue weighted by molar-refractivity contribution is -0.115. The minimum atomic E-state index is -0.499. The fourth-order valence-corrected chi connectivity index (χ4v) is 4.65.